The topological polar surface area (TPSA) is 26.0 Å². The fraction of sp³-hybridized carbons (Fsp3) is 0.385. The van der Waals surface area contributed by atoms with Gasteiger partial charge in [0.1, 0.15) is 0 Å². The summed E-state index contributed by atoms with van der Waals surface area (Å²) in [5.74, 6) is 6.76. The first-order valence-electron chi connectivity index (χ1n) is 5.03. The zero-order valence-corrected chi connectivity index (χ0v) is 8.88. The molecule has 0 radical (unpaired) electrons. The molecule has 74 valence electrons. The molecule has 2 N–H and O–H groups in total. The van der Waals surface area contributed by atoms with Gasteiger partial charge in [0.25, 0.3) is 0 Å². The number of hydrogen-bond acceptors (Lipinski definition) is 1. The Balaban J connectivity index is 2.92. The van der Waals surface area contributed by atoms with Crippen LogP contribution in [0.4, 0.5) is 0 Å². The lowest BCUT2D eigenvalue weighted by atomic mass is 9.97. The van der Waals surface area contributed by atoms with E-state index in [4.69, 9.17) is 5.73 Å². The van der Waals surface area contributed by atoms with Crippen LogP contribution in [0, 0.1) is 11.8 Å². The Bertz CT molecular complexity index is 342. The van der Waals surface area contributed by atoms with Crippen molar-refractivity contribution >= 4 is 0 Å². The normalized spacial score (nSPS) is 9.71. The first-order chi connectivity index (χ1) is 6.75. The van der Waals surface area contributed by atoms with Crippen LogP contribution < -0.4 is 5.73 Å². The number of rotatable bonds is 2. The SMILES string of the molecule is CC(C)c1ccccc1C#CCCN. The lowest BCUT2D eigenvalue weighted by Gasteiger charge is -2.07. The molecule has 1 nitrogen and oxygen atoms in total. The second-order valence-electron chi connectivity index (χ2n) is 3.58. The summed E-state index contributed by atoms with van der Waals surface area (Å²) in [4.78, 5) is 0. The molecule has 1 aromatic carbocycles. The van der Waals surface area contributed by atoms with Crippen molar-refractivity contribution in [2.45, 2.75) is 26.2 Å². The lowest BCUT2D eigenvalue weighted by molar-refractivity contribution is 0.863. The van der Waals surface area contributed by atoms with Crippen LogP contribution in [0.25, 0.3) is 0 Å². The maximum Gasteiger partial charge on any atom is 0.0279 e. The fourth-order valence-corrected chi connectivity index (χ4v) is 1.34. The smallest absolute Gasteiger partial charge is 0.0279 e. The molecule has 0 heterocycles. The molecule has 14 heavy (non-hydrogen) atoms. The molecule has 0 saturated carbocycles. The van der Waals surface area contributed by atoms with Crippen molar-refractivity contribution in [3.05, 3.63) is 35.4 Å². The molecule has 0 bridgehead atoms. The van der Waals surface area contributed by atoms with E-state index >= 15 is 0 Å². The minimum Gasteiger partial charge on any atom is -0.330 e. The number of benzene rings is 1. The quantitative estimate of drug-likeness (QED) is 0.707. The third kappa shape index (κ3) is 2.90. The van der Waals surface area contributed by atoms with E-state index in [1.807, 2.05) is 6.07 Å². The van der Waals surface area contributed by atoms with Crippen molar-refractivity contribution in [1.82, 2.24) is 0 Å². The third-order valence-electron chi connectivity index (χ3n) is 2.08. The minimum atomic E-state index is 0.526. The summed E-state index contributed by atoms with van der Waals surface area (Å²) in [6.07, 6.45) is 0.770. The van der Waals surface area contributed by atoms with Crippen molar-refractivity contribution in [1.29, 1.82) is 0 Å². The summed E-state index contributed by atoms with van der Waals surface area (Å²) < 4.78 is 0. The van der Waals surface area contributed by atoms with Crippen molar-refractivity contribution in [2.24, 2.45) is 5.73 Å². The van der Waals surface area contributed by atoms with Gasteiger partial charge in [0, 0.05) is 18.5 Å². The highest BCUT2D eigenvalue weighted by Crippen LogP contribution is 2.17. The van der Waals surface area contributed by atoms with Crippen LogP contribution in [-0.2, 0) is 0 Å². The zero-order chi connectivity index (χ0) is 10.4. The van der Waals surface area contributed by atoms with Crippen molar-refractivity contribution in [2.75, 3.05) is 6.54 Å². The molecule has 0 amide bonds. The van der Waals surface area contributed by atoms with E-state index < -0.39 is 0 Å². The predicted octanol–water partition coefficient (Wildman–Crippen LogP) is 2.51. The lowest BCUT2D eigenvalue weighted by Crippen LogP contribution is -1.96. The van der Waals surface area contributed by atoms with E-state index in [1.54, 1.807) is 0 Å². The molecule has 0 fully saturated rings. The van der Waals surface area contributed by atoms with Crippen molar-refractivity contribution in [3.8, 4) is 11.8 Å². The summed E-state index contributed by atoms with van der Waals surface area (Å²) in [6.45, 7) is 5.00. The van der Waals surface area contributed by atoms with E-state index in [2.05, 4.69) is 43.9 Å². The summed E-state index contributed by atoms with van der Waals surface area (Å²) in [6, 6.07) is 8.29. The van der Waals surface area contributed by atoms with E-state index in [0.717, 1.165) is 12.0 Å². The second kappa shape index (κ2) is 5.47. The Morgan fingerprint density at radius 1 is 1.29 bits per heavy atom. The molecular weight excluding hydrogens is 170 g/mol. The maximum atomic E-state index is 5.39. The number of hydrogen-bond donors (Lipinski definition) is 1. The van der Waals surface area contributed by atoms with E-state index in [9.17, 15) is 0 Å². The van der Waals surface area contributed by atoms with E-state index in [0.29, 0.717) is 12.5 Å². The third-order valence-corrected chi connectivity index (χ3v) is 2.08. The summed E-state index contributed by atoms with van der Waals surface area (Å²) >= 11 is 0. The Hall–Kier alpha value is -1.26. The molecule has 1 aromatic rings. The molecule has 0 aliphatic carbocycles. The fourth-order valence-electron chi connectivity index (χ4n) is 1.34. The van der Waals surface area contributed by atoms with Crippen LogP contribution in [0.2, 0.25) is 0 Å². The van der Waals surface area contributed by atoms with Crippen LogP contribution in [0.3, 0.4) is 0 Å². The second-order valence-corrected chi connectivity index (χ2v) is 3.58. The molecule has 0 saturated heterocycles. The molecule has 0 aliphatic heterocycles. The maximum absolute atomic E-state index is 5.39. The Labute approximate surface area is 86.3 Å². The monoisotopic (exact) mass is 187 g/mol. The van der Waals surface area contributed by atoms with Gasteiger partial charge in [-0.2, -0.15) is 0 Å². The molecule has 0 unspecified atom stereocenters. The van der Waals surface area contributed by atoms with E-state index in [1.165, 1.54) is 5.56 Å². The highest BCUT2D eigenvalue weighted by Gasteiger charge is 2.02. The van der Waals surface area contributed by atoms with Crippen LogP contribution in [0.15, 0.2) is 24.3 Å². The van der Waals surface area contributed by atoms with Gasteiger partial charge >= 0.3 is 0 Å². The highest BCUT2D eigenvalue weighted by atomic mass is 14.5. The summed E-state index contributed by atoms with van der Waals surface area (Å²) in [7, 11) is 0. The predicted molar refractivity (Wildman–Crippen MR) is 61.1 cm³/mol. The molecule has 1 heteroatoms. The molecule has 0 spiro atoms. The average molecular weight is 187 g/mol. The molecule has 0 aromatic heterocycles. The average Bonchev–Trinajstić information content (AvgIpc) is 2.19. The van der Waals surface area contributed by atoms with E-state index in [-0.39, 0.29) is 0 Å². The highest BCUT2D eigenvalue weighted by molar-refractivity contribution is 5.42. The standard InChI is InChI=1S/C13H17N/c1-11(2)13-9-4-3-7-12(13)8-5-6-10-14/h3-4,7,9,11H,6,10,14H2,1-2H3. The van der Waals surface area contributed by atoms with Gasteiger partial charge in [0.05, 0.1) is 0 Å². The van der Waals surface area contributed by atoms with Gasteiger partial charge in [-0.1, -0.05) is 43.9 Å². The summed E-state index contributed by atoms with van der Waals surface area (Å²) in [5, 5.41) is 0. The first-order valence-corrected chi connectivity index (χ1v) is 5.03. The first kappa shape index (κ1) is 10.8. The Morgan fingerprint density at radius 2 is 2.00 bits per heavy atom. The van der Waals surface area contributed by atoms with Gasteiger partial charge in [0.2, 0.25) is 0 Å². The van der Waals surface area contributed by atoms with Crippen LogP contribution in [0.1, 0.15) is 37.3 Å². The van der Waals surface area contributed by atoms with Gasteiger partial charge in [-0.15, -0.1) is 0 Å². The number of nitrogens with two attached hydrogens (primary N) is 1. The minimum absolute atomic E-state index is 0.526. The molecule has 0 aliphatic rings. The van der Waals surface area contributed by atoms with Crippen molar-refractivity contribution < 1.29 is 0 Å². The molecular formula is C13H17N. The van der Waals surface area contributed by atoms with Gasteiger partial charge in [-0.05, 0) is 17.5 Å². The van der Waals surface area contributed by atoms with Gasteiger partial charge < -0.3 is 5.73 Å². The molecule has 1 rings (SSSR count). The van der Waals surface area contributed by atoms with Gasteiger partial charge in [0.15, 0.2) is 0 Å². The van der Waals surface area contributed by atoms with Crippen LogP contribution in [-0.4, -0.2) is 6.54 Å². The molecule has 0 atom stereocenters. The van der Waals surface area contributed by atoms with Crippen LogP contribution >= 0.6 is 0 Å². The van der Waals surface area contributed by atoms with Crippen LogP contribution in [0.5, 0.6) is 0 Å². The van der Waals surface area contributed by atoms with Gasteiger partial charge in [-0.25, -0.2) is 0 Å². The zero-order valence-electron chi connectivity index (χ0n) is 8.88. The Kier molecular flexibility index (Phi) is 4.22. The Morgan fingerprint density at radius 3 is 2.64 bits per heavy atom. The summed E-state index contributed by atoms with van der Waals surface area (Å²) in [5.41, 5.74) is 7.84. The van der Waals surface area contributed by atoms with Crippen molar-refractivity contribution in [3.63, 3.8) is 0 Å². The van der Waals surface area contributed by atoms with Gasteiger partial charge in [-0.3, -0.25) is 0 Å². The largest absolute Gasteiger partial charge is 0.330 e.